The minimum atomic E-state index is -0.831. The van der Waals surface area contributed by atoms with Crippen molar-refractivity contribution in [1.82, 2.24) is 20.8 Å². The molecule has 2 atom stereocenters. The van der Waals surface area contributed by atoms with Crippen molar-refractivity contribution in [3.8, 4) is 0 Å². The SMILES string of the molecule is Cc1cc(C(=O)NC[C@@H]2C[C@H](F)CN2)c2c(C)noc2n1. The highest BCUT2D eigenvalue weighted by molar-refractivity contribution is 6.06. The third kappa shape index (κ3) is 2.73. The maximum absolute atomic E-state index is 13.1. The minimum Gasteiger partial charge on any atom is -0.350 e. The van der Waals surface area contributed by atoms with Crippen LogP contribution in [0.15, 0.2) is 10.6 Å². The molecule has 0 bridgehead atoms. The molecule has 1 saturated heterocycles. The van der Waals surface area contributed by atoms with E-state index in [1.54, 1.807) is 19.9 Å². The molecule has 112 valence electrons. The van der Waals surface area contributed by atoms with Gasteiger partial charge >= 0.3 is 0 Å². The Morgan fingerprint density at radius 3 is 3.10 bits per heavy atom. The average molecular weight is 292 g/mol. The first-order valence-electron chi connectivity index (χ1n) is 6.94. The number of alkyl halides is 1. The fourth-order valence-corrected chi connectivity index (χ4v) is 2.63. The summed E-state index contributed by atoms with van der Waals surface area (Å²) in [6, 6.07) is 1.69. The van der Waals surface area contributed by atoms with Gasteiger partial charge in [-0.3, -0.25) is 4.79 Å². The topological polar surface area (TPSA) is 80.0 Å². The van der Waals surface area contributed by atoms with Gasteiger partial charge in [0.2, 0.25) is 0 Å². The molecule has 1 amide bonds. The predicted octanol–water partition coefficient (Wildman–Crippen LogP) is 1.27. The third-order valence-electron chi connectivity index (χ3n) is 3.67. The van der Waals surface area contributed by atoms with Crippen LogP contribution >= 0.6 is 0 Å². The zero-order valence-electron chi connectivity index (χ0n) is 11.9. The second-order valence-electron chi connectivity index (χ2n) is 5.41. The monoisotopic (exact) mass is 292 g/mol. The van der Waals surface area contributed by atoms with Crippen molar-refractivity contribution < 1.29 is 13.7 Å². The van der Waals surface area contributed by atoms with Crippen LogP contribution in [0.4, 0.5) is 4.39 Å². The summed E-state index contributed by atoms with van der Waals surface area (Å²) >= 11 is 0. The Balaban J connectivity index is 1.79. The Labute approximate surface area is 121 Å². The highest BCUT2D eigenvalue weighted by Gasteiger charge is 2.24. The summed E-state index contributed by atoms with van der Waals surface area (Å²) in [6.45, 7) is 4.31. The lowest BCUT2D eigenvalue weighted by Crippen LogP contribution is -2.37. The fourth-order valence-electron chi connectivity index (χ4n) is 2.63. The highest BCUT2D eigenvalue weighted by atomic mass is 19.1. The van der Waals surface area contributed by atoms with E-state index in [1.807, 2.05) is 0 Å². The fraction of sp³-hybridized carbons (Fsp3) is 0.500. The van der Waals surface area contributed by atoms with Gasteiger partial charge in [0.05, 0.1) is 16.6 Å². The summed E-state index contributed by atoms with van der Waals surface area (Å²) in [7, 11) is 0. The predicted molar refractivity (Wildman–Crippen MR) is 74.9 cm³/mol. The molecule has 3 rings (SSSR count). The zero-order chi connectivity index (χ0) is 15.0. The van der Waals surface area contributed by atoms with Crippen molar-refractivity contribution in [2.24, 2.45) is 0 Å². The maximum Gasteiger partial charge on any atom is 0.258 e. The zero-order valence-corrected chi connectivity index (χ0v) is 11.9. The van der Waals surface area contributed by atoms with E-state index in [1.165, 1.54) is 0 Å². The van der Waals surface area contributed by atoms with Crippen molar-refractivity contribution >= 4 is 17.0 Å². The number of hydrogen-bond donors (Lipinski definition) is 2. The number of carbonyl (C=O) groups excluding carboxylic acids is 1. The van der Waals surface area contributed by atoms with Crippen molar-refractivity contribution in [2.45, 2.75) is 32.5 Å². The number of nitrogens with zero attached hydrogens (tertiary/aromatic N) is 2. The molecule has 3 heterocycles. The molecule has 2 N–H and O–H groups in total. The second kappa shape index (κ2) is 5.40. The van der Waals surface area contributed by atoms with Gasteiger partial charge in [-0.25, -0.2) is 9.37 Å². The first kappa shape index (κ1) is 13.9. The van der Waals surface area contributed by atoms with Crippen LogP contribution < -0.4 is 10.6 Å². The van der Waals surface area contributed by atoms with Gasteiger partial charge < -0.3 is 15.2 Å². The number of amides is 1. The van der Waals surface area contributed by atoms with Gasteiger partial charge in [-0.15, -0.1) is 0 Å². The first-order valence-corrected chi connectivity index (χ1v) is 6.94. The van der Waals surface area contributed by atoms with E-state index in [4.69, 9.17) is 4.52 Å². The molecule has 0 saturated carbocycles. The largest absolute Gasteiger partial charge is 0.350 e. The standard InChI is InChI=1S/C14H17FN4O2/c1-7-3-11(12-8(2)19-21-14(12)18-7)13(20)17-6-10-4-9(15)5-16-10/h3,9-10,16H,4-6H2,1-2H3,(H,17,20)/t9-,10-/m0/s1. The molecular formula is C14H17FN4O2. The second-order valence-corrected chi connectivity index (χ2v) is 5.41. The Morgan fingerprint density at radius 1 is 1.57 bits per heavy atom. The van der Waals surface area contributed by atoms with Gasteiger partial charge in [0.1, 0.15) is 6.17 Å². The Morgan fingerprint density at radius 2 is 2.38 bits per heavy atom. The number of aryl methyl sites for hydroxylation is 2. The molecule has 2 aromatic rings. The molecule has 1 aliphatic heterocycles. The first-order chi connectivity index (χ1) is 10.0. The molecule has 1 aliphatic rings. The quantitative estimate of drug-likeness (QED) is 0.890. The molecule has 2 aromatic heterocycles. The van der Waals surface area contributed by atoms with Gasteiger partial charge in [0.15, 0.2) is 0 Å². The van der Waals surface area contributed by atoms with E-state index in [2.05, 4.69) is 20.8 Å². The lowest BCUT2D eigenvalue weighted by atomic mass is 10.1. The van der Waals surface area contributed by atoms with Crippen molar-refractivity contribution in [1.29, 1.82) is 0 Å². The Kier molecular flexibility index (Phi) is 3.59. The van der Waals surface area contributed by atoms with Crippen LogP contribution in [0, 0.1) is 13.8 Å². The van der Waals surface area contributed by atoms with Crippen LogP contribution in [0.1, 0.15) is 28.2 Å². The molecule has 0 aromatic carbocycles. The lowest BCUT2D eigenvalue weighted by Gasteiger charge is -2.12. The lowest BCUT2D eigenvalue weighted by molar-refractivity contribution is 0.0951. The average Bonchev–Trinajstić information content (AvgIpc) is 3.02. The van der Waals surface area contributed by atoms with Crippen LogP contribution in [0.3, 0.4) is 0 Å². The van der Waals surface area contributed by atoms with Crippen molar-refractivity contribution in [2.75, 3.05) is 13.1 Å². The van der Waals surface area contributed by atoms with E-state index in [9.17, 15) is 9.18 Å². The molecule has 0 radical (unpaired) electrons. The van der Waals surface area contributed by atoms with Crippen LogP contribution in [-0.2, 0) is 0 Å². The van der Waals surface area contributed by atoms with E-state index < -0.39 is 6.17 Å². The molecule has 0 aliphatic carbocycles. The van der Waals surface area contributed by atoms with Crippen molar-refractivity contribution in [3.05, 3.63) is 23.0 Å². The number of rotatable bonds is 3. The normalized spacial score (nSPS) is 21.9. The molecule has 21 heavy (non-hydrogen) atoms. The molecule has 1 fully saturated rings. The third-order valence-corrected chi connectivity index (χ3v) is 3.67. The van der Waals surface area contributed by atoms with E-state index in [-0.39, 0.29) is 11.9 Å². The highest BCUT2D eigenvalue weighted by Crippen LogP contribution is 2.21. The minimum absolute atomic E-state index is 0.0223. The number of pyridine rings is 1. The summed E-state index contributed by atoms with van der Waals surface area (Å²) in [5, 5.41) is 10.3. The number of aromatic nitrogens is 2. The summed E-state index contributed by atoms with van der Waals surface area (Å²) in [5.74, 6) is -0.221. The van der Waals surface area contributed by atoms with Crippen molar-refractivity contribution in [3.63, 3.8) is 0 Å². The summed E-state index contributed by atoms with van der Waals surface area (Å²) in [6.07, 6.45) is -0.403. The summed E-state index contributed by atoms with van der Waals surface area (Å²) in [4.78, 5) is 16.6. The van der Waals surface area contributed by atoms with Crippen LogP contribution in [0.5, 0.6) is 0 Å². The van der Waals surface area contributed by atoms with Gasteiger partial charge in [-0.1, -0.05) is 5.16 Å². The molecule has 7 heteroatoms. The Hall–Kier alpha value is -2.02. The number of nitrogens with one attached hydrogen (secondary N) is 2. The molecule has 0 unspecified atom stereocenters. The van der Waals surface area contributed by atoms with Crippen LogP contribution in [-0.4, -0.2) is 41.4 Å². The van der Waals surface area contributed by atoms with E-state index in [0.717, 1.165) is 0 Å². The summed E-state index contributed by atoms with van der Waals surface area (Å²) < 4.78 is 18.2. The molecule has 0 spiro atoms. The number of halogens is 1. The number of fused-ring (bicyclic) bond motifs is 1. The molecular weight excluding hydrogens is 275 g/mol. The molecule has 6 nitrogen and oxygen atoms in total. The van der Waals surface area contributed by atoms with Gasteiger partial charge in [-0.2, -0.15) is 0 Å². The maximum atomic E-state index is 13.1. The Bertz CT molecular complexity index is 685. The van der Waals surface area contributed by atoms with Gasteiger partial charge in [0, 0.05) is 24.8 Å². The van der Waals surface area contributed by atoms with Gasteiger partial charge in [-0.05, 0) is 26.3 Å². The summed E-state index contributed by atoms with van der Waals surface area (Å²) in [5.41, 5.74) is 2.17. The van der Waals surface area contributed by atoms with Crippen LogP contribution in [0.2, 0.25) is 0 Å². The smallest absolute Gasteiger partial charge is 0.258 e. The number of hydrogen-bond acceptors (Lipinski definition) is 5. The van der Waals surface area contributed by atoms with E-state index in [0.29, 0.717) is 47.6 Å². The van der Waals surface area contributed by atoms with E-state index >= 15 is 0 Å². The van der Waals surface area contributed by atoms with Crippen LogP contribution in [0.25, 0.3) is 11.1 Å². The number of carbonyl (C=O) groups is 1. The van der Waals surface area contributed by atoms with Gasteiger partial charge in [0.25, 0.3) is 11.6 Å².